The van der Waals surface area contributed by atoms with Gasteiger partial charge in [-0.2, -0.15) is 0 Å². The Kier molecular flexibility index (Phi) is 2.98. The van der Waals surface area contributed by atoms with E-state index in [-0.39, 0.29) is 5.82 Å². The normalized spacial score (nSPS) is 16.2. The second kappa shape index (κ2) is 5.19. The van der Waals surface area contributed by atoms with Gasteiger partial charge in [0.15, 0.2) is 0 Å². The molecule has 1 N–H and O–H groups in total. The summed E-state index contributed by atoms with van der Waals surface area (Å²) >= 11 is 0. The predicted octanol–water partition coefficient (Wildman–Crippen LogP) is 3.29. The van der Waals surface area contributed by atoms with Crippen LogP contribution in [0.2, 0.25) is 0 Å². The minimum atomic E-state index is -0.205. The van der Waals surface area contributed by atoms with Crippen LogP contribution in [0.3, 0.4) is 0 Å². The summed E-state index contributed by atoms with van der Waals surface area (Å²) in [6, 6.07) is 3.18. The highest BCUT2D eigenvalue weighted by atomic mass is 19.1. The predicted molar refractivity (Wildman–Crippen MR) is 87.9 cm³/mol. The molecule has 5 nitrogen and oxygen atoms in total. The Morgan fingerprint density at radius 2 is 2.21 bits per heavy atom. The lowest BCUT2D eigenvalue weighted by Gasteiger charge is -2.12. The average molecular weight is 324 g/mol. The topological polar surface area (TPSA) is 51.5 Å². The monoisotopic (exact) mass is 324 g/mol. The van der Waals surface area contributed by atoms with Crippen molar-refractivity contribution in [3.8, 4) is 5.75 Å². The number of fused-ring (bicyclic) bond motifs is 2. The molecule has 0 amide bonds. The Morgan fingerprint density at radius 3 is 3.08 bits per heavy atom. The van der Waals surface area contributed by atoms with Gasteiger partial charge in [0, 0.05) is 48.2 Å². The number of imidazole rings is 1. The maximum absolute atomic E-state index is 14.2. The van der Waals surface area contributed by atoms with Crippen molar-refractivity contribution in [2.75, 3.05) is 11.9 Å². The van der Waals surface area contributed by atoms with Crippen LogP contribution < -0.4 is 10.1 Å². The third kappa shape index (κ3) is 2.13. The van der Waals surface area contributed by atoms with Gasteiger partial charge in [0.05, 0.1) is 6.61 Å². The van der Waals surface area contributed by atoms with Crippen LogP contribution in [0.25, 0.3) is 5.65 Å². The number of ether oxygens (including phenoxy) is 1. The zero-order valence-corrected chi connectivity index (χ0v) is 13.1. The van der Waals surface area contributed by atoms with Gasteiger partial charge < -0.3 is 10.1 Å². The van der Waals surface area contributed by atoms with Crippen molar-refractivity contribution in [1.82, 2.24) is 14.4 Å². The lowest BCUT2D eigenvalue weighted by atomic mass is 10.0. The summed E-state index contributed by atoms with van der Waals surface area (Å²) < 4.78 is 21.7. The molecule has 24 heavy (non-hydrogen) atoms. The van der Waals surface area contributed by atoms with Crippen LogP contribution in [0, 0.1) is 5.82 Å². The van der Waals surface area contributed by atoms with Crippen molar-refractivity contribution < 1.29 is 9.13 Å². The summed E-state index contributed by atoms with van der Waals surface area (Å²) in [4.78, 5) is 9.00. The van der Waals surface area contributed by atoms with E-state index < -0.39 is 0 Å². The minimum Gasteiger partial charge on any atom is -0.493 e. The van der Waals surface area contributed by atoms with Gasteiger partial charge in [-0.05, 0) is 30.9 Å². The second-order valence-corrected chi connectivity index (χ2v) is 6.39. The van der Waals surface area contributed by atoms with Crippen LogP contribution in [0.5, 0.6) is 5.75 Å². The second-order valence-electron chi connectivity index (χ2n) is 6.39. The third-order valence-corrected chi connectivity index (χ3v) is 4.83. The molecule has 0 bridgehead atoms. The molecule has 1 aromatic carbocycles. The van der Waals surface area contributed by atoms with E-state index in [4.69, 9.17) is 4.74 Å². The number of halogens is 1. The molecule has 5 rings (SSSR count). The number of nitrogens with zero attached hydrogens (tertiary/aromatic N) is 3. The smallest absolute Gasteiger partial charge is 0.208 e. The zero-order valence-electron chi connectivity index (χ0n) is 13.1. The van der Waals surface area contributed by atoms with Gasteiger partial charge in [-0.25, -0.2) is 14.4 Å². The first-order chi connectivity index (χ1) is 11.8. The quantitative estimate of drug-likeness (QED) is 0.800. The van der Waals surface area contributed by atoms with Crippen molar-refractivity contribution in [2.45, 2.75) is 31.7 Å². The Bertz CT molecular complexity index is 932. The van der Waals surface area contributed by atoms with Crippen molar-refractivity contribution in [2.24, 2.45) is 0 Å². The van der Waals surface area contributed by atoms with Crippen molar-refractivity contribution >= 4 is 11.6 Å². The maximum atomic E-state index is 14.2. The molecular formula is C18H17FN4O. The largest absolute Gasteiger partial charge is 0.493 e. The van der Waals surface area contributed by atoms with E-state index in [0.29, 0.717) is 30.6 Å². The van der Waals surface area contributed by atoms with Crippen molar-refractivity contribution in [3.63, 3.8) is 0 Å². The third-order valence-electron chi connectivity index (χ3n) is 4.83. The number of nitrogens with one attached hydrogen (secondary N) is 1. The lowest BCUT2D eigenvalue weighted by molar-refractivity contribution is 0.356. The number of hydrogen-bond acceptors (Lipinski definition) is 4. The first-order valence-corrected chi connectivity index (χ1v) is 8.30. The van der Waals surface area contributed by atoms with E-state index in [0.717, 1.165) is 23.4 Å². The molecule has 0 atom stereocenters. The van der Waals surface area contributed by atoms with E-state index in [1.54, 1.807) is 12.3 Å². The summed E-state index contributed by atoms with van der Waals surface area (Å²) in [5.74, 6) is 1.85. The molecule has 122 valence electrons. The fourth-order valence-electron chi connectivity index (χ4n) is 3.43. The number of rotatable bonds is 4. The highest BCUT2D eigenvalue weighted by Gasteiger charge is 2.27. The summed E-state index contributed by atoms with van der Waals surface area (Å²) in [7, 11) is 0. The Hall–Kier alpha value is -2.63. The maximum Gasteiger partial charge on any atom is 0.208 e. The van der Waals surface area contributed by atoms with Crippen molar-refractivity contribution in [3.05, 3.63) is 53.2 Å². The van der Waals surface area contributed by atoms with Gasteiger partial charge in [0.25, 0.3) is 0 Å². The molecule has 0 spiro atoms. The SMILES string of the molecule is Fc1ccc2c(c1CNc1ncc(C3CC3)c3nccn13)CCO2. The molecule has 1 fully saturated rings. The summed E-state index contributed by atoms with van der Waals surface area (Å²) in [6.07, 6.45) is 8.74. The number of benzene rings is 1. The van der Waals surface area contributed by atoms with Gasteiger partial charge in [0.2, 0.25) is 5.95 Å². The molecule has 3 heterocycles. The zero-order chi connectivity index (χ0) is 16.1. The molecule has 0 unspecified atom stereocenters. The van der Waals surface area contributed by atoms with Gasteiger partial charge in [-0.15, -0.1) is 0 Å². The van der Waals surface area contributed by atoms with Gasteiger partial charge in [-0.3, -0.25) is 4.40 Å². The highest BCUT2D eigenvalue weighted by molar-refractivity contribution is 5.55. The van der Waals surface area contributed by atoms with Crippen LogP contribution in [0.1, 0.15) is 35.4 Å². The molecule has 3 aromatic rings. The fraction of sp³-hybridized carbons (Fsp3) is 0.333. The first kappa shape index (κ1) is 13.8. The summed E-state index contributed by atoms with van der Waals surface area (Å²) in [5, 5.41) is 3.26. The highest BCUT2D eigenvalue weighted by Crippen LogP contribution is 2.41. The van der Waals surface area contributed by atoms with E-state index in [1.165, 1.54) is 24.5 Å². The van der Waals surface area contributed by atoms with Crippen LogP contribution in [0.15, 0.2) is 30.7 Å². The number of hydrogen-bond donors (Lipinski definition) is 1. The lowest BCUT2D eigenvalue weighted by Crippen LogP contribution is -2.10. The standard InChI is InChI=1S/C18H17FN4O/c19-15-3-4-16-12(5-8-24-16)14(15)10-22-18-21-9-13(11-1-2-11)17-20-6-7-23(17)18/h3-4,6-7,9,11H,1-2,5,8,10H2,(H,21,22). The average Bonchev–Trinajstić information content (AvgIpc) is 3.11. The Labute approximate surface area is 138 Å². The first-order valence-electron chi connectivity index (χ1n) is 8.30. The molecular weight excluding hydrogens is 307 g/mol. The summed E-state index contributed by atoms with van der Waals surface area (Å²) in [5.41, 5.74) is 3.76. The van der Waals surface area contributed by atoms with Gasteiger partial charge in [0.1, 0.15) is 17.2 Å². The van der Waals surface area contributed by atoms with E-state index in [1.807, 2.05) is 16.8 Å². The molecule has 1 aliphatic carbocycles. The van der Waals surface area contributed by atoms with E-state index >= 15 is 0 Å². The molecule has 0 saturated heterocycles. The minimum absolute atomic E-state index is 0.205. The molecule has 1 aliphatic heterocycles. The van der Waals surface area contributed by atoms with E-state index in [2.05, 4.69) is 15.3 Å². The van der Waals surface area contributed by atoms with Crippen LogP contribution in [-0.2, 0) is 13.0 Å². The molecule has 0 radical (unpaired) electrons. The Morgan fingerprint density at radius 1 is 1.29 bits per heavy atom. The van der Waals surface area contributed by atoms with Crippen LogP contribution >= 0.6 is 0 Å². The van der Waals surface area contributed by atoms with Gasteiger partial charge in [-0.1, -0.05) is 0 Å². The Balaban J connectivity index is 1.47. The number of anilines is 1. The summed E-state index contributed by atoms with van der Waals surface area (Å²) in [6.45, 7) is 0.993. The van der Waals surface area contributed by atoms with E-state index in [9.17, 15) is 4.39 Å². The fourth-order valence-corrected chi connectivity index (χ4v) is 3.43. The molecule has 6 heteroatoms. The van der Waals surface area contributed by atoms with Crippen LogP contribution in [0.4, 0.5) is 10.3 Å². The molecule has 1 saturated carbocycles. The van der Waals surface area contributed by atoms with Crippen LogP contribution in [-0.4, -0.2) is 21.0 Å². The van der Waals surface area contributed by atoms with Crippen molar-refractivity contribution in [1.29, 1.82) is 0 Å². The van der Waals surface area contributed by atoms with Gasteiger partial charge >= 0.3 is 0 Å². The number of aromatic nitrogens is 3. The molecule has 2 aromatic heterocycles. The molecule has 2 aliphatic rings.